The number of pyridine rings is 1. The Morgan fingerprint density at radius 3 is 2.58 bits per heavy atom. The Hall–Kier alpha value is -2.49. The minimum atomic E-state index is 0.816. The van der Waals surface area contributed by atoms with Gasteiger partial charge in [-0.25, -0.2) is 0 Å². The average Bonchev–Trinajstić information content (AvgIpc) is 3.28. The van der Waals surface area contributed by atoms with E-state index in [1.807, 2.05) is 11.3 Å². The molecule has 0 spiro atoms. The number of fused-ring (bicyclic) bond motifs is 6. The van der Waals surface area contributed by atoms with Gasteiger partial charge in [0.05, 0.1) is 0 Å². The fourth-order valence-electron chi connectivity index (χ4n) is 4.76. The summed E-state index contributed by atoms with van der Waals surface area (Å²) in [6, 6.07) is 22.3. The Morgan fingerprint density at radius 1 is 0.903 bits per heavy atom. The molecule has 0 fully saturated rings. The zero-order valence-corrected chi connectivity index (χ0v) is 22.9. The topological polar surface area (TPSA) is 18.0 Å². The monoisotopic (exact) mass is 619 g/mol. The van der Waals surface area contributed by atoms with E-state index in [1.165, 1.54) is 50.8 Å². The summed E-state index contributed by atoms with van der Waals surface area (Å²) in [4.78, 5) is 0. The molecule has 6 rings (SSSR count). The van der Waals surface area contributed by atoms with Crippen molar-refractivity contribution in [3.8, 4) is 11.6 Å². The molecule has 0 saturated carbocycles. The summed E-state index contributed by atoms with van der Waals surface area (Å²) in [6.45, 7) is 2.17. The van der Waals surface area contributed by atoms with Crippen molar-refractivity contribution in [3.05, 3.63) is 72.4 Å². The van der Waals surface area contributed by atoms with E-state index in [0.29, 0.717) is 0 Å². The Labute approximate surface area is 199 Å². The third-order valence-corrected chi connectivity index (χ3v) is 8.73. The van der Waals surface area contributed by atoms with Gasteiger partial charge in [0.2, 0.25) is 0 Å². The van der Waals surface area contributed by atoms with E-state index < -0.39 is 0 Å². The van der Waals surface area contributed by atoms with Crippen LogP contribution in [0.4, 0.5) is 0 Å². The molecule has 0 unspecified atom stereocenters. The maximum atomic E-state index is 5.70. The molecule has 3 aromatic heterocycles. The molecule has 0 aliphatic carbocycles. The average molecular weight is 620 g/mol. The van der Waals surface area contributed by atoms with Gasteiger partial charge in [0, 0.05) is 0 Å². The second-order valence-corrected chi connectivity index (χ2v) is 11.7. The normalized spacial score (nSPS) is 11.9. The van der Waals surface area contributed by atoms with E-state index >= 15 is 0 Å². The summed E-state index contributed by atoms with van der Waals surface area (Å²) in [5, 5.41) is 5.23. The number of nitrogens with zero attached hydrogens (tertiary/aromatic N) is 2. The zero-order chi connectivity index (χ0) is 21.3. The Balaban J connectivity index is 1.81. The van der Waals surface area contributed by atoms with Crippen LogP contribution < -0.4 is 12.6 Å². The fraction of sp³-hybridized carbons (Fsp3) is 0.115. The van der Waals surface area contributed by atoms with Crippen molar-refractivity contribution < 1.29 is 9.30 Å². The molecule has 0 amide bonds. The predicted octanol–water partition coefficient (Wildman–Crippen LogP) is 4.55. The molecule has 0 saturated heterocycles. The van der Waals surface area contributed by atoms with Crippen LogP contribution in [-0.2, 0) is 7.05 Å². The van der Waals surface area contributed by atoms with Crippen LogP contribution in [0.1, 0.15) is 5.56 Å². The second-order valence-electron chi connectivity index (χ2n) is 8.02. The molecule has 0 N–H and O–H groups in total. The summed E-state index contributed by atoms with van der Waals surface area (Å²) in [6.07, 6.45) is 2.27. The molecule has 3 nitrogen and oxygen atoms in total. The molecule has 0 radical (unpaired) electrons. The van der Waals surface area contributed by atoms with Crippen LogP contribution in [0.25, 0.3) is 47.8 Å². The van der Waals surface area contributed by atoms with E-state index in [4.69, 9.17) is 4.74 Å². The van der Waals surface area contributed by atoms with Crippen LogP contribution in [-0.4, -0.2) is 36.4 Å². The first-order valence-electron chi connectivity index (χ1n) is 10.3. The Bertz CT molecular complexity index is 1660. The number of hydrogen-bond acceptors (Lipinski definition) is 2. The number of aromatic nitrogens is 2. The molecule has 0 atom stereocenters. The zero-order valence-electron chi connectivity index (χ0n) is 17.6. The van der Waals surface area contributed by atoms with E-state index in [9.17, 15) is 0 Å². The van der Waals surface area contributed by atoms with Crippen molar-refractivity contribution in [2.75, 3.05) is 7.11 Å². The van der Waals surface area contributed by atoms with Crippen molar-refractivity contribution in [1.29, 1.82) is 0 Å². The number of hydrogen-bond donors (Lipinski definition) is 0. The summed E-state index contributed by atoms with van der Waals surface area (Å²) in [5.74, 6) is 2.09. The maximum absolute atomic E-state index is 5.70. The minimum absolute atomic E-state index is 0.816. The van der Waals surface area contributed by atoms with Crippen LogP contribution in [0, 0.1) is 6.92 Å². The molecule has 0 aliphatic heterocycles. The summed E-state index contributed by atoms with van der Waals surface area (Å²) >= 11 is 2.67. The quantitative estimate of drug-likeness (QED) is 0.206. The number of benzene rings is 3. The van der Waals surface area contributed by atoms with Crippen molar-refractivity contribution in [2.45, 2.75) is 6.92 Å². The number of rotatable bonds is 2. The Morgan fingerprint density at radius 2 is 1.74 bits per heavy atom. The molecule has 0 aliphatic rings. The first-order valence-corrected chi connectivity index (χ1v) is 13.3. The van der Waals surface area contributed by atoms with Gasteiger partial charge in [-0.2, -0.15) is 0 Å². The van der Waals surface area contributed by atoms with E-state index in [1.54, 1.807) is 7.11 Å². The molecular weight excluding hydrogens is 597 g/mol. The van der Waals surface area contributed by atoms with Gasteiger partial charge in [0.25, 0.3) is 0 Å². The van der Waals surface area contributed by atoms with Crippen molar-refractivity contribution in [2.24, 2.45) is 7.05 Å². The third-order valence-electron chi connectivity index (χ3n) is 6.21. The van der Waals surface area contributed by atoms with Gasteiger partial charge >= 0.3 is 200 Å². The molecule has 0 bridgehead atoms. The van der Waals surface area contributed by atoms with Gasteiger partial charge in [-0.15, -0.1) is 0 Å². The van der Waals surface area contributed by atoms with Crippen LogP contribution in [0.3, 0.4) is 0 Å². The summed E-state index contributed by atoms with van der Waals surface area (Å²) in [5.41, 5.74) is 3.63. The van der Waals surface area contributed by atoms with E-state index in [-0.39, 0.29) is 0 Å². The number of thiophene rings is 1. The molecule has 31 heavy (non-hydrogen) atoms. The SMILES string of the molecule is COc1ccc2c3c[c]([BiH2])ccc3n(-c3cc4c(c[n+]3C)sc3ccccc34)c2c1C. The first-order chi connectivity index (χ1) is 15.1. The van der Waals surface area contributed by atoms with Crippen molar-refractivity contribution in [1.82, 2.24) is 4.57 Å². The van der Waals surface area contributed by atoms with E-state index in [2.05, 4.69) is 90.0 Å². The predicted molar refractivity (Wildman–Crippen MR) is 134 cm³/mol. The summed E-state index contributed by atoms with van der Waals surface area (Å²) in [7, 11) is 3.90. The third kappa shape index (κ3) is 2.76. The fourth-order valence-corrected chi connectivity index (χ4v) is 6.94. The van der Waals surface area contributed by atoms with Crippen molar-refractivity contribution >= 4 is 81.3 Å². The molecule has 3 heterocycles. The second kappa shape index (κ2) is 7.01. The number of methoxy groups -OCH3 is 1. The summed E-state index contributed by atoms with van der Waals surface area (Å²) < 4.78 is 14.4. The standard InChI is InChI=1S/C26H20N2OS.Bi.2H/c1-16-22(29-3)13-12-19-17-8-4-6-10-21(17)28(26(16)19)25-14-20-18-9-5-7-11-23(18)30-24(20)15-27(25)2;;;/h5-15H,1-3H3;;;/q+1;;;. The van der Waals surface area contributed by atoms with Crippen LogP contribution in [0.2, 0.25) is 0 Å². The van der Waals surface area contributed by atoms with Crippen LogP contribution >= 0.6 is 11.3 Å². The van der Waals surface area contributed by atoms with E-state index in [0.717, 1.165) is 36.3 Å². The van der Waals surface area contributed by atoms with Gasteiger partial charge in [0.1, 0.15) is 0 Å². The van der Waals surface area contributed by atoms with Gasteiger partial charge in [-0.1, -0.05) is 0 Å². The molecular formula is C26H22BiN2OS+. The first kappa shape index (κ1) is 19.2. The molecule has 152 valence electrons. The number of ether oxygens (including phenoxy) is 1. The van der Waals surface area contributed by atoms with Gasteiger partial charge < -0.3 is 0 Å². The van der Waals surface area contributed by atoms with Crippen LogP contribution in [0.15, 0.2) is 66.9 Å². The van der Waals surface area contributed by atoms with Gasteiger partial charge in [0.15, 0.2) is 0 Å². The molecule has 5 heteroatoms. The Kier molecular flexibility index (Phi) is 4.35. The number of aryl methyl sites for hydroxylation is 2. The molecule has 6 aromatic rings. The van der Waals surface area contributed by atoms with Crippen molar-refractivity contribution in [3.63, 3.8) is 0 Å². The van der Waals surface area contributed by atoms with Crippen LogP contribution in [0.5, 0.6) is 5.75 Å². The molecule has 3 aromatic carbocycles. The van der Waals surface area contributed by atoms with Gasteiger partial charge in [-0.05, 0) is 0 Å². The van der Waals surface area contributed by atoms with Gasteiger partial charge in [-0.3, -0.25) is 0 Å².